The summed E-state index contributed by atoms with van der Waals surface area (Å²) in [5, 5.41) is 0.193. The van der Waals surface area contributed by atoms with Gasteiger partial charge in [0, 0.05) is 0 Å². The molecule has 0 bridgehead atoms. The van der Waals surface area contributed by atoms with E-state index in [2.05, 4.69) is 6.92 Å². The van der Waals surface area contributed by atoms with Crippen LogP contribution in [0.1, 0.15) is 46.0 Å². The Morgan fingerprint density at radius 3 is 2.62 bits per heavy atom. The molecule has 0 N–H and O–H groups in total. The first-order valence-electron chi connectivity index (χ1n) is 5.14. The van der Waals surface area contributed by atoms with Crippen LogP contribution in [0.15, 0.2) is 12.2 Å². The molecule has 0 aromatic rings. The smallest absolute Gasteiger partial charge is 0.211 e. The van der Waals surface area contributed by atoms with Crippen LogP contribution in [-0.4, -0.2) is 10.9 Å². The average molecular weight is 200 g/mol. The minimum Gasteiger partial charge on any atom is -0.282 e. The second-order valence-electron chi connectivity index (χ2n) is 3.00. The normalized spacial score (nSPS) is 10.9. The van der Waals surface area contributed by atoms with E-state index in [-0.39, 0.29) is 5.12 Å². The third kappa shape index (κ3) is 9.68. The Balaban J connectivity index is 3.25. The van der Waals surface area contributed by atoms with Crippen LogP contribution in [0.25, 0.3) is 0 Å². The lowest BCUT2D eigenvalue weighted by Gasteiger charge is -1.93. The molecule has 0 aromatic carbocycles. The second-order valence-corrected chi connectivity index (χ2v) is 4.27. The number of thioether (sulfide) groups is 1. The van der Waals surface area contributed by atoms with Crippen molar-refractivity contribution in [1.82, 2.24) is 0 Å². The van der Waals surface area contributed by atoms with E-state index in [1.165, 1.54) is 37.4 Å². The van der Waals surface area contributed by atoms with Gasteiger partial charge in [0.25, 0.3) is 0 Å². The van der Waals surface area contributed by atoms with E-state index >= 15 is 0 Å². The van der Waals surface area contributed by atoms with Crippen molar-refractivity contribution >= 4 is 16.9 Å². The van der Waals surface area contributed by atoms with E-state index in [4.69, 9.17) is 0 Å². The molecule has 0 spiro atoms. The van der Waals surface area contributed by atoms with Gasteiger partial charge in [0.1, 0.15) is 0 Å². The molecule has 0 unspecified atom stereocenters. The maximum Gasteiger partial charge on any atom is 0.211 e. The lowest BCUT2D eigenvalue weighted by atomic mass is 10.1. The number of allylic oxidation sites excluding steroid dienone is 1. The van der Waals surface area contributed by atoms with Gasteiger partial charge in [-0.05, 0) is 24.7 Å². The molecule has 0 aliphatic rings. The first-order chi connectivity index (χ1) is 6.31. The zero-order valence-electron chi connectivity index (χ0n) is 8.71. The molecule has 0 saturated heterocycles. The van der Waals surface area contributed by atoms with Crippen molar-refractivity contribution in [3.05, 3.63) is 12.2 Å². The Morgan fingerprint density at radius 2 is 2.00 bits per heavy atom. The van der Waals surface area contributed by atoms with Gasteiger partial charge in [-0.3, -0.25) is 4.79 Å². The zero-order valence-corrected chi connectivity index (χ0v) is 9.53. The van der Waals surface area contributed by atoms with Crippen LogP contribution in [0.5, 0.6) is 0 Å². The molecule has 0 radical (unpaired) electrons. The number of hydrogen-bond donors (Lipinski definition) is 0. The number of carbonyl (C=O) groups is 1. The van der Waals surface area contributed by atoms with Gasteiger partial charge in [0.05, 0.1) is 0 Å². The standard InChI is InChI=1S/C11H20OS/c1-3-5-6-7-8-9-10-11(12)13-4-2/h9-10H,3-8H2,1-2H3/b10-9+. The third-order valence-corrected chi connectivity index (χ3v) is 2.47. The summed E-state index contributed by atoms with van der Waals surface area (Å²) in [6.45, 7) is 4.20. The summed E-state index contributed by atoms with van der Waals surface area (Å²) < 4.78 is 0. The van der Waals surface area contributed by atoms with Crippen LogP contribution in [0.2, 0.25) is 0 Å². The van der Waals surface area contributed by atoms with Crippen molar-refractivity contribution in [2.75, 3.05) is 5.75 Å². The average Bonchev–Trinajstić information content (AvgIpc) is 2.11. The molecule has 0 heterocycles. The first-order valence-corrected chi connectivity index (χ1v) is 6.13. The summed E-state index contributed by atoms with van der Waals surface area (Å²) in [6.07, 6.45) is 9.85. The largest absolute Gasteiger partial charge is 0.282 e. The molecular weight excluding hydrogens is 180 g/mol. The molecule has 13 heavy (non-hydrogen) atoms. The van der Waals surface area contributed by atoms with E-state index in [0.29, 0.717) is 0 Å². The van der Waals surface area contributed by atoms with Crippen molar-refractivity contribution in [3.8, 4) is 0 Å². The Bertz CT molecular complexity index is 152. The van der Waals surface area contributed by atoms with Crippen LogP contribution < -0.4 is 0 Å². The van der Waals surface area contributed by atoms with Crippen LogP contribution in [0.4, 0.5) is 0 Å². The summed E-state index contributed by atoms with van der Waals surface area (Å²) in [5.74, 6) is 0.874. The fourth-order valence-corrected chi connectivity index (χ4v) is 1.54. The van der Waals surface area contributed by atoms with Gasteiger partial charge < -0.3 is 0 Å². The van der Waals surface area contributed by atoms with Crippen molar-refractivity contribution in [2.24, 2.45) is 0 Å². The Kier molecular flexibility index (Phi) is 9.66. The first kappa shape index (κ1) is 12.8. The van der Waals surface area contributed by atoms with Gasteiger partial charge in [0.2, 0.25) is 5.12 Å². The van der Waals surface area contributed by atoms with Gasteiger partial charge in [-0.2, -0.15) is 0 Å². The molecule has 76 valence electrons. The molecule has 0 amide bonds. The summed E-state index contributed by atoms with van der Waals surface area (Å²) in [7, 11) is 0. The van der Waals surface area contributed by atoms with Gasteiger partial charge in [-0.1, -0.05) is 50.9 Å². The highest BCUT2D eigenvalue weighted by molar-refractivity contribution is 8.14. The topological polar surface area (TPSA) is 17.1 Å². The summed E-state index contributed by atoms with van der Waals surface area (Å²) in [6, 6.07) is 0. The Hall–Kier alpha value is -0.240. The van der Waals surface area contributed by atoms with Crippen LogP contribution >= 0.6 is 11.8 Å². The highest BCUT2D eigenvalue weighted by Crippen LogP contribution is 2.05. The maximum absolute atomic E-state index is 11.0. The van der Waals surface area contributed by atoms with E-state index in [9.17, 15) is 4.79 Å². The summed E-state index contributed by atoms with van der Waals surface area (Å²) >= 11 is 1.37. The minimum atomic E-state index is 0.193. The van der Waals surface area contributed by atoms with Crippen molar-refractivity contribution in [2.45, 2.75) is 46.0 Å². The molecule has 0 fully saturated rings. The Labute approximate surface area is 86.0 Å². The zero-order chi connectivity index (χ0) is 9.94. The lowest BCUT2D eigenvalue weighted by molar-refractivity contribution is -0.107. The minimum absolute atomic E-state index is 0.193. The molecule has 1 nitrogen and oxygen atoms in total. The number of hydrogen-bond acceptors (Lipinski definition) is 2. The van der Waals surface area contributed by atoms with Gasteiger partial charge in [-0.25, -0.2) is 0 Å². The van der Waals surface area contributed by atoms with Gasteiger partial charge in [-0.15, -0.1) is 0 Å². The predicted octanol–water partition coefficient (Wildman–Crippen LogP) is 3.79. The highest BCUT2D eigenvalue weighted by atomic mass is 32.2. The molecule has 2 heteroatoms. The molecule has 0 atom stereocenters. The van der Waals surface area contributed by atoms with E-state index in [1.54, 1.807) is 6.08 Å². The fourth-order valence-electron chi connectivity index (χ4n) is 1.06. The second kappa shape index (κ2) is 9.85. The van der Waals surface area contributed by atoms with Crippen LogP contribution in [0, 0.1) is 0 Å². The third-order valence-electron chi connectivity index (χ3n) is 1.76. The number of rotatable bonds is 7. The molecule has 0 saturated carbocycles. The lowest BCUT2D eigenvalue weighted by Crippen LogP contribution is -1.84. The number of unbranched alkanes of at least 4 members (excludes halogenated alkanes) is 4. The number of carbonyl (C=O) groups excluding carboxylic acids is 1. The van der Waals surface area contributed by atoms with E-state index in [0.717, 1.165) is 12.2 Å². The molecule has 0 aliphatic heterocycles. The SMILES string of the molecule is CCCCCC/C=C/C(=O)SCC. The van der Waals surface area contributed by atoms with Crippen LogP contribution in [0.3, 0.4) is 0 Å². The molecule has 0 aliphatic carbocycles. The summed E-state index contributed by atoms with van der Waals surface area (Å²) in [4.78, 5) is 11.0. The monoisotopic (exact) mass is 200 g/mol. The summed E-state index contributed by atoms with van der Waals surface area (Å²) in [5.41, 5.74) is 0. The van der Waals surface area contributed by atoms with E-state index in [1.807, 2.05) is 13.0 Å². The van der Waals surface area contributed by atoms with Crippen molar-refractivity contribution < 1.29 is 4.79 Å². The quantitative estimate of drug-likeness (QED) is 0.459. The maximum atomic E-state index is 11.0. The Morgan fingerprint density at radius 1 is 1.23 bits per heavy atom. The highest BCUT2D eigenvalue weighted by Gasteiger charge is 1.92. The predicted molar refractivity (Wildman–Crippen MR) is 61.0 cm³/mol. The fraction of sp³-hybridized carbons (Fsp3) is 0.727. The van der Waals surface area contributed by atoms with Gasteiger partial charge in [0.15, 0.2) is 0 Å². The molecule has 0 rings (SSSR count). The van der Waals surface area contributed by atoms with E-state index < -0.39 is 0 Å². The van der Waals surface area contributed by atoms with Crippen molar-refractivity contribution in [1.29, 1.82) is 0 Å². The van der Waals surface area contributed by atoms with Crippen molar-refractivity contribution in [3.63, 3.8) is 0 Å². The molecular formula is C11H20OS. The molecule has 0 aromatic heterocycles. The van der Waals surface area contributed by atoms with Crippen LogP contribution in [-0.2, 0) is 4.79 Å². The van der Waals surface area contributed by atoms with Gasteiger partial charge >= 0.3 is 0 Å².